The summed E-state index contributed by atoms with van der Waals surface area (Å²) in [7, 11) is 1.04. The van der Waals surface area contributed by atoms with Crippen molar-refractivity contribution >= 4 is 39.1 Å². The van der Waals surface area contributed by atoms with E-state index in [9.17, 15) is 27.9 Å². The molecule has 222 valence electrons. The van der Waals surface area contributed by atoms with Gasteiger partial charge in [0.25, 0.3) is 21.5 Å². The molecule has 1 aromatic heterocycles. The molecule has 3 atom stereocenters. The molecule has 0 aliphatic carbocycles. The van der Waals surface area contributed by atoms with Crippen molar-refractivity contribution in [3.63, 3.8) is 0 Å². The number of aliphatic hydroxyl groups excluding tert-OH is 1. The van der Waals surface area contributed by atoms with Gasteiger partial charge in [-0.05, 0) is 48.9 Å². The highest BCUT2D eigenvalue weighted by molar-refractivity contribution is 7.93. The van der Waals surface area contributed by atoms with Crippen molar-refractivity contribution in [1.29, 1.82) is 0 Å². The number of fused-ring (bicyclic) bond motifs is 1. The number of pyridine rings is 1. The van der Waals surface area contributed by atoms with Gasteiger partial charge in [0.05, 0.1) is 37.6 Å². The molecule has 5 rings (SSSR count). The zero-order valence-corrected chi connectivity index (χ0v) is 24.8. The molecule has 1 fully saturated rings. The van der Waals surface area contributed by atoms with Crippen LogP contribution in [0.3, 0.4) is 0 Å². The van der Waals surface area contributed by atoms with Gasteiger partial charge in [-0.25, -0.2) is 12.7 Å². The van der Waals surface area contributed by atoms with E-state index in [0.29, 0.717) is 10.1 Å². The van der Waals surface area contributed by atoms with E-state index in [0.717, 1.165) is 0 Å². The minimum absolute atomic E-state index is 0.0499. The summed E-state index contributed by atoms with van der Waals surface area (Å²) in [6.45, 7) is -0.212. The molecule has 0 spiro atoms. The summed E-state index contributed by atoms with van der Waals surface area (Å²) in [5, 5.41) is 11.0. The minimum Gasteiger partial charge on any atom is -0.497 e. The summed E-state index contributed by atoms with van der Waals surface area (Å²) in [4.78, 5) is 46.8. The Balaban J connectivity index is 1.85. The van der Waals surface area contributed by atoms with Crippen molar-refractivity contribution in [2.45, 2.75) is 29.0 Å². The molecule has 2 amide bonds. The van der Waals surface area contributed by atoms with Gasteiger partial charge in [0.1, 0.15) is 16.4 Å². The number of aliphatic hydroxyl groups is 1. The van der Waals surface area contributed by atoms with E-state index < -0.39 is 45.1 Å². The molecule has 2 aliphatic rings. The van der Waals surface area contributed by atoms with E-state index in [2.05, 4.69) is 4.98 Å². The molecule has 0 bridgehead atoms. The van der Waals surface area contributed by atoms with Crippen LogP contribution >= 0.6 is 11.6 Å². The molecule has 1 saturated heterocycles. The molecule has 0 radical (unpaired) electrons. The smallest absolute Gasteiger partial charge is 0.274 e. The van der Waals surface area contributed by atoms with Gasteiger partial charge in [-0.1, -0.05) is 11.6 Å². The van der Waals surface area contributed by atoms with Gasteiger partial charge in [0.2, 0.25) is 5.91 Å². The molecule has 12 nitrogen and oxygen atoms in total. The number of likely N-dealkylation sites (N-methyl/N-ethyl adjacent to an activating group) is 1. The summed E-state index contributed by atoms with van der Waals surface area (Å²) < 4.78 is 40.0. The first-order valence-corrected chi connectivity index (χ1v) is 14.7. The average Bonchev–Trinajstić information content (AvgIpc) is 3.47. The molecular formula is C28H29ClN4O8S. The Labute approximate surface area is 247 Å². The van der Waals surface area contributed by atoms with Crippen LogP contribution in [0.4, 0.5) is 5.69 Å². The number of hydrogen-bond acceptors (Lipinski definition) is 9. The molecule has 14 heteroatoms. The van der Waals surface area contributed by atoms with Gasteiger partial charge < -0.3 is 24.5 Å². The highest BCUT2D eigenvalue weighted by Crippen LogP contribution is 2.52. The Morgan fingerprint density at radius 2 is 1.83 bits per heavy atom. The summed E-state index contributed by atoms with van der Waals surface area (Å²) >= 11 is 6.43. The predicted molar refractivity (Wildman–Crippen MR) is 153 cm³/mol. The maximum Gasteiger partial charge on any atom is 0.274 e. The second kappa shape index (κ2) is 10.7. The van der Waals surface area contributed by atoms with Crippen molar-refractivity contribution in [3.8, 4) is 11.5 Å². The number of H-pyrrole nitrogens is 1. The van der Waals surface area contributed by atoms with Gasteiger partial charge in [-0.15, -0.1) is 0 Å². The van der Waals surface area contributed by atoms with Crippen LogP contribution in [-0.4, -0.2) is 87.1 Å². The Hall–Kier alpha value is -3.91. The SMILES string of the molecule is COc1ccc(S(=O)(=O)N2C(=O)C(c3ccc[nH]c3=O)(N3C[C@H](O)C[C@H]3C(=O)N(C)C)c3cc(Cl)ccc32)c(OC)c1. The number of nitrogens with one attached hydrogen (secondary N) is 1. The number of ether oxygens (including phenoxy) is 2. The lowest BCUT2D eigenvalue weighted by atomic mass is 9.82. The van der Waals surface area contributed by atoms with Crippen LogP contribution in [0.15, 0.2) is 64.4 Å². The zero-order valence-electron chi connectivity index (χ0n) is 23.2. The Morgan fingerprint density at radius 1 is 1.10 bits per heavy atom. The summed E-state index contributed by atoms with van der Waals surface area (Å²) in [5.74, 6) is -1.23. The number of carbonyl (C=O) groups excluding carboxylic acids is 2. The van der Waals surface area contributed by atoms with E-state index in [4.69, 9.17) is 21.1 Å². The number of anilines is 1. The molecular weight excluding hydrogens is 588 g/mol. The van der Waals surface area contributed by atoms with E-state index in [1.165, 1.54) is 92.8 Å². The maximum absolute atomic E-state index is 15.0. The zero-order chi connectivity index (χ0) is 30.6. The molecule has 0 saturated carbocycles. The lowest BCUT2D eigenvalue weighted by Gasteiger charge is -2.40. The average molecular weight is 617 g/mol. The number of aromatic nitrogens is 1. The minimum atomic E-state index is -4.71. The number of β-amino-alcohol motifs (C(OH)–C–C–N with tert-alkyl or cyclic N) is 1. The molecule has 2 N–H and O–H groups in total. The second-order valence-corrected chi connectivity index (χ2v) is 12.4. The van der Waals surface area contributed by atoms with Crippen LogP contribution in [0.2, 0.25) is 5.02 Å². The number of likely N-dealkylation sites (tertiary alicyclic amines) is 1. The number of nitrogens with zero attached hydrogens (tertiary/aromatic N) is 3. The maximum atomic E-state index is 15.0. The Bertz CT molecular complexity index is 1740. The van der Waals surface area contributed by atoms with Crippen molar-refractivity contribution in [2.24, 2.45) is 0 Å². The highest BCUT2D eigenvalue weighted by Gasteiger charge is 2.64. The van der Waals surface area contributed by atoms with Gasteiger partial charge >= 0.3 is 0 Å². The van der Waals surface area contributed by atoms with Crippen molar-refractivity contribution in [2.75, 3.05) is 39.2 Å². The standard InChI is InChI=1S/C28H29ClN4O8S/c1-31(2)26(36)22-13-17(34)15-32(22)28(19-6-5-11-30-25(19)35)20-12-16(29)7-9-21(20)33(27(28)37)42(38,39)24-10-8-18(40-3)14-23(24)41-4/h5-12,14,17,22,34H,13,15H2,1-4H3,(H,30,35)/t17-,22+,28?/m1/s1. The molecule has 1 unspecified atom stereocenters. The normalized spacial score (nSPS) is 22.2. The first-order valence-electron chi connectivity index (χ1n) is 12.9. The van der Waals surface area contributed by atoms with Crippen LogP contribution < -0.4 is 19.3 Å². The van der Waals surface area contributed by atoms with Crippen LogP contribution in [0.25, 0.3) is 0 Å². The van der Waals surface area contributed by atoms with Crippen molar-refractivity contribution < 1.29 is 32.6 Å². The van der Waals surface area contributed by atoms with Crippen LogP contribution in [-0.2, 0) is 25.2 Å². The fourth-order valence-corrected chi connectivity index (χ4v) is 7.56. The van der Waals surface area contributed by atoms with Crippen molar-refractivity contribution in [3.05, 3.63) is 81.2 Å². The number of hydrogen-bond donors (Lipinski definition) is 2. The van der Waals surface area contributed by atoms with E-state index >= 15 is 0 Å². The third-order valence-corrected chi connectivity index (χ3v) is 9.57. The molecule has 2 aliphatic heterocycles. The number of carbonyl (C=O) groups is 2. The molecule has 3 aromatic rings. The monoisotopic (exact) mass is 616 g/mol. The third-order valence-electron chi connectivity index (χ3n) is 7.59. The second-order valence-electron chi connectivity index (χ2n) is 10.2. The molecule has 3 heterocycles. The fourth-order valence-electron chi connectivity index (χ4n) is 5.79. The largest absolute Gasteiger partial charge is 0.497 e. The fraction of sp³-hybridized carbons (Fsp3) is 0.321. The number of methoxy groups -OCH3 is 2. The number of amides is 2. The van der Waals surface area contributed by atoms with Crippen LogP contribution in [0.1, 0.15) is 17.5 Å². The molecule has 2 aromatic carbocycles. The van der Waals surface area contributed by atoms with Gasteiger partial charge in [-0.3, -0.25) is 19.3 Å². The van der Waals surface area contributed by atoms with E-state index in [1.54, 1.807) is 0 Å². The van der Waals surface area contributed by atoms with Crippen LogP contribution in [0.5, 0.6) is 11.5 Å². The van der Waals surface area contributed by atoms with Crippen LogP contribution in [0, 0.1) is 0 Å². The quantitative estimate of drug-likeness (QED) is 0.403. The topological polar surface area (TPSA) is 150 Å². The first kappa shape index (κ1) is 29.6. The van der Waals surface area contributed by atoms with E-state index in [-0.39, 0.29) is 45.4 Å². The number of aromatic amines is 1. The Morgan fingerprint density at radius 3 is 2.48 bits per heavy atom. The third kappa shape index (κ3) is 4.35. The lowest BCUT2D eigenvalue weighted by molar-refractivity contribution is -0.138. The first-order chi connectivity index (χ1) is 19.9. The highest BCUT2D eigenvalue weighted by atomic mass is 35.5. The summed E-state index contributed by atoms with van der Waals surface area (Å²) in [5.41, 5.74) is -2.98. The van der Waals surface area contributed by atoms with Gasteiger partial charge in [0.15, 0.2) is 5.54 Å². The predicted octanol–water partition coefficient (Wildman–Crippen LogP) is 1.55. The molecule has 42 heavy (non-hydrogen) atoms. The number of benzene rings is 2. The van der Waals surface area contributed by atoms with Gasteiger partial charge in [-0.2, -0.15) is 0 Å². The van der Waals surface area contributed by atoms with E-state index in [1.807, 2.05) is 0 Å². The Kier molecular flexibility index (Phi) is 7.56. The summed E-state index contributed by atoms with van der Waals surface area (Å²) in [6.07, 6.45) is 0.267. The lowest BCUT2D eigenvalue weighted by Crippen LogP contribution is -2.60. The number of halogens is 1. The van der Waals surface area contributed by atoms with Crippen molar-refractivity contribution in [1.82, 2.24) is 14.8 Å². The number of rotatable bonds is 7. The number of sulfonamides is 1. The summed E-state index contributed by atoms with van der Waals surface area (Å²) in [6, 6.07) is 10.1. The van der Waals surface area contributed by atoms with Gasteiger partial charge in [0, 0.05) is 43.5 Å².